The van der Waals surface area contributed by atoms with Gasteiger partial charge in [0.15, 0.2) is 0 Å². The summed E-state index contributed by atoms with van der Waals surface area (Å²) in [7, 11) is 0. The molecule has 1 aromatic carbocycles. The summed E-state index contributed by atoms with van der Waals surface area (Å²) < 4.78 is 6.11. The van der Waals surface area contributed by atoms with Crippen LogP contribution in [0.4, 0.5) is 0 Å². The van der Waals surface area contributed by atoms with E-state index in [9.17, 15) is 9.59 Å². The highest BCUT2D eigenvalue weighted by Crippen LogP contribution is 2.68. The average Bonchev–Trinajstić information content (AvgIpc) is 2.78. The summed E-state index contributed by atoms with van der Waals surface area (Å²) in [4.78, 5) is 25.2. The Hall–Kier alpha value is -1.64. The fourth-order valence-corrected chi connectivity index (χ4v) is 6.26. The van der Waals surface area contributed by atoms with Crippen LogP contribution in [0.5, 0.6) is 0 Å². The zero-order valence-corrected chi connectivity index (χ0v) is 15.5. The van der Waals surface area contributed by atoms with E-state index in [2.05, 4.69) is 20.8 Å². The molecule has 1 aromatic rings. The van der Waals surface area contributed by atoms with Gasteiger partial charge in [0.1, 0.15) is 11.9 Å². The molecule has 0 saturated heterocycles. The van der Waals surface area contributed by atoms with Gasteiger partial charge in [-0.1, -0.05) is 39.0 Å². The minimum absolute atomic E-state index is 0.0190. The molecule has 0 N–H and O–H groups in total. The number of rotatable bonds is 2. The molecule has 134 valence electrons. The van der Waals surface area contributed by atoms with Crippen LogP contribution in [0.15, 0.2) is 30.3 Å². The molecule has 3 saturated carbocycles. The molecule has 3 fully saturated rings. The van der Waals surface area contributed by atoms with Crippen molar-refractivity contribution in [3.05, 3.63) is 35.9 Å². The van der Waals surface area contributed by atoms with Crippen LogP contribution in [0, 0.1) is 22.2 Å². The first-order valence-corrected chi connectivity index (χ1v) is 9.56. The lowest BCUT2D eigenvalue weighted by molar-refractivity contribution is -0.149. The minimum Gasteiger partial charge on any atom is -0.458 e. The van der Waals surface area contributed by atoms with E-state index < -0.39 is 0 Å². The number of fused-ring (bicyclic) bond motifs is 1. The van der Waals surface area contributed by atoms with Crippen molar-refractivity contribution < 1.29 is 14.3 Å². The normalized spacial score (nSPS) is 38.9. The highest BCUT2D eigenvalue weighted by Gasteiger charge is 2.66. The topological polar surface area (TPSA) is 43.4 Å². The number of esters is 1. The summed E-state index contributed by atoms with van der Waals surface area (Å²) in [5.41, 5.74) is 0.538. The third-order valence-corrected chi connectivity index (χ3v) is 7.44. The predicted molar refractivity (Wildman–Crippen MR) is 96.2 cm³/mol. The van der Waals surface area contributed by atoms with Crippen LogP contribution < -0.4 is 0 Å². The standard InChI is InChI=1S/C22H28O3/c1-20(2)13-18(25-19(24)15-7-5-4-6-8-15)22-12-10-17(23)21(3,14-22)11-9-16(20)22/h4-8,16,18H,9-14H2,1-3H3/t16-,18-,21+,22-/m0/s1. The quantitative estimate of drug-likeness (QED) is 0.727. The molecule has 0 heterocycles. The Labute approximate surface area is 150 Å². The van der Waals surface area contributed by atoms with Gasteiger partial charge in [0, 0.05) is 17.3 Å². The molecule has 25 heavy (non-hydrogen) atoms. The summed E-state index contributed by atoms with van der Waals surface area (Å²) >= 11 is 0. The number of ether oxygens (including phenoxy) is 1. The Morgan fingerprint density at radius 3 is 2.56 bits per heavy atom. The molecule has 0 radical (unpaired) electrons. The van der Waals surface area contributed by atoms with E-state index in [4.69, 9.17) is 4.74 Å². The molecule has 0 unspecified atom stereocenters. The van der Waals surface area contributed by atoms with Crippen LogP contribution in [-0.4, -0.2) is 17.9 Å². The second kappa shape index (κ2) is 5.43. The molecule has 4 atom stereocenters. The molecule has 0 amide bonds. The molecular formula is C22H28O3. The van der Waals surface area contributed by atoms with Crippen LogP contribution >= 0.6 is 0 Å². The maximum atomic E-state index is 12.7. The van der Waals surface area contributed by atoms with E-state index in [1.807, 2.05) is 30.3 Å². The fraction of sp³-hybridized carbons (Fsp3) is 0.636. The van der Waals surface area contributed by atoms with Gasteiger partial charge < -0.3 is 4.74 Å². The van der Waals surface area contributed by atoms with Crippen molar-refractivity contribution in [3.63, 3.8) is 0 Å². The van der Waals surface area contributed by atoms with Crippen molar-refractivity contribution in [2.24, 2.45) is 22.2 Å². The minimum atomic E-state index is -0.222. The lowest BCUT2D eigenvalue weighted by Gasteiger charge is -2.55. The van der Waals surface area contributed by atoms with Crippen LogP contribution in [-0.2, 0) is 9.53 Å². The first kappa shape index (κ1) is 16.8. The van der Waals surface area contributed by atoms with E-state index in [0.29, 0.717) is 23.7 Å². The van der Waals surface area contributed by atoms with Crippen LogP contribution in [0.2, 0.25) is 0 Å². The van der Waals surface area contributed by atoms with Gasteiger partial charge in [0.05, 0.1) is 5.56 Å². The number of benzene rings is 1. The van der Waals surface area contributed by atoms with Gasteiger partial charge in [-0.15, -0.1) is 0 Å². The number of ketones is 1. The van der Waals surface area contributed by atoms with E-state index in [0.717, 1.165) is 32.1 Å². The Balaban J connectivity index is 1.66. The number of carbonyl (C=O) groups excluding carboxylic acids is 2. The molecule has 4 rings (SSSR count). The Bertz CT molecular complexity index is 707. The summed E-state index contributed by atoms with van der Waals surface area (Å²) in [6.45, 7) is 6.76. The van der Waals surface area contributed by atoms with Crippen molar-refractivity contribution >= 4 is 11.8 Å². The lowest BCUT2D eigenvalue weighted by Crippen LogP contribution is -2.53. The molecule has 2 bridgehead atoms. The number of hydrogen-bond donors (Lipinski definition) is 0. The fourth-order valence-electron chi connectivity index (χ4n) is 6.26. The SMILES string of the molecule is CC1(C)C[C@H](OC(=O)c2ccccc2)[C@]23CCC(=O)[C@](C)(CC[C@@H]12)C3. The van der Waals surface area contributed by atoms with Gasteiger partial charge in [-0.2, -0.15) is 0 Å². The second-order valence-corrected chi connectivity index (χ2v) is 9.44. The monoisotopic (exact) mass is 340 g/mol. The van der Waals surface area contributed by atoms with Crippen LogP contribution in [0.1, 0.15) is 69.7 Å². The van der Waals surface area contributed by atoms with E-state index in [1.165, 1.54) is 0 Å². The van der Waals surface area contributed by atoms with Gasteiger partial charge in [0.25, 0.3) is 0 Å². The van der Waals surface area contributed by atoms with E-state index in [-0.39, 0.29) is 28.3 Å². The Kier molecular flexibility index (Phi) is 3.65. The van der Waals surface area contributed by atoms with Gasteiger partial charge in [-0.05, 0) is 55.6 Å². The molecule has 3 heteroatoms. The number of Topliss-reactive ketones (excluding diaryl/α,β-unsaturated/α-hetero) is 1. The molecule has 3 nitrogen and oxygen atoms in total. The molecule has 0 aliphatic heterocycles. The van der Waals surface area contributed by atoms with E-state index >= 15 is 0 Å². The van der Waals surface area contributed by atoms with Gasteiger partial charge in [-0.25, -0.2) is 4.79 Å². The Morgan fingerprint density at radius 2 is 1.84 bits per heavy atom. The predicted octanol–water partition coefficient (Wildman–Crippen LogP) is 4.80. The first-order valence-electron chi connectivity index (χ1n) is 9.56. The smallest absolute Gasteiger partial charge is 0.338 e. The van der Waals surface area contributed by atoms with Crippen molar-refractivity contribution in [1.82, 2.24) is 0 Å². The molecule has 1 spiro atoms. The van der Waals surface area contributed by atoms with Crippen molar-refractivity contribution in [2.75, 3.05) is 0 Å². The van der Waals surface area contributed by atoms with Gasteiger partial charge >= 0.3 is 5.97 Å². The molecule has 3 aliphatic rings. The van der Waals surface area contributed by atoms with Crippen molar-refractivity contribution in [2.45, 2.75) is 65.4 Å². The van der Waals surface area contributed by atoms with Crippen LogP contribution in [0.25, 0.3) is 0 Å². The molecule has 3 aliphatic carbocycles. The zero-order valence-electron chi connectivity index (χ0n) is 15.5. The Morgan fingerprint density at radius 1 is 1.12 bits per heavy atom. The molecule has 0 aromatic heterocycles. The third kappa shape index (κ3) is 2.46. The largest absolute Gasteiger partial charge is 0.458 e. The van der Waals surface area contributed by atoms with Gasteiger partial charge in [0.2, 0.25) is 0 Å². The summed E-state index contributed by atoms with van der Waals surface area (Å²) in [5, 5.41) is 0. The van der Waals surface area contributed by atoms with Crippen molar-refractivity contribution in [1.29, 1.82) is 0 Å². The maximum absolute atomic E-state index is 12.7. The average molecular weight is 340 g/mol. The highest BCUT2D eigenvalue weighted by atomic mass is 16.5. The third-order valence-electron chi connectivity index (χ3n) is 7.44. The van der Waals surface area contributed by atoms with Crippen LogP contribution in [0.3, 0.4) is 0 Å². The summed E-state index contributed by atoms with van der Waals surface area (Å²) in [5.74, 6) is 0.727. The van der Waals surface area contributed by atoms with Crippen molar-refractivity contribution in [3.8, 4) is 0 Å². The van der Waals surface area contributed by atoms with E-state index in [1.54, 1.807) is 0 Å². The summed E-state index contributed by atoms with van der Waals surface area (Å²) in [6, 6.07) is 9.27. The zero-order chi connectivity index (χ0) is 17.9. The lowest BCUT2D eigenvalue weighted by atomic mass is 9.49. The maximum Gasteiger partial charge on any atom is 0.338 e. The summed E-state index contributed by atoms with van der Waals surface area (Å²) in [6.07, 6.45) is 5.30. The number of carbonyl (C=O) groups is 2. The number of hydrogen-bond acceptors (Lipinski definition) is 3. The second-order valence-electron chi connectivity index (χ2n) is 9.44. The molecular weight excluding hydrogens is 312 g/mol. The first-order chi connectivity index (χ1) is 11.8. The van der Waals surface area contributed by atoms with Gasteiger partial charge in [-0.3, -0.25) is 4.79 Å². The highest BCUT2D eigenvalue weighted by molar-refractivity contribution is 5.89.